The van der Waals surface area contributed by atoms with E-state index >= 15 is 0 Å². The second-order valence-corrected chi connectivity index (χ2v) is 6.16. The molecular formula is C14H19BrN2O. The molecule has 2 unspecified atom stereocenters. The molecule has 0 amide bonds. The van der Waals surface area contributed by atoms with Gasteiger partial charge in [-0.3, -0.25) is 4.90 Å². The summed E-state index contributed by atoms with van der Waals surface area (Å²) in [4.78, 5) is 2.62. The minimum Gasteiger partial charge on any atom is -0.507 e. The number of hydrogen-bond donors (Lipinski definition) is 2. The van der Waals surface area contributed by atoms with Crippen molar-refractivity contribution in [1.29, 1.82) is 0 Å². The molecule has 1 aromatic carbocycles. The topological polar surface area (TPSA) is 35.5 Å². The van der Waals surface area contributed by atoms with Gasteiger partial charge in [-0.05, 0) is 59.4 Å². The average Bonchev–Trinajstić information content (AvgIpc) is 2.94. The number of halogens is 1. The number of nitrogens with one attached hydrogen (secondary N) is 1. The summed E-state index contributed by atoms with van der Waals surface area (Å²) in [5, 5.41) is 13.1. The molecule has 3 nitrogen and oxygen atoms in total. The first-order valence-corrected chi connectivity index (χ1v) is 7.48. The van der Waals surface area contributed by atoms with E-state index in [0.29, 0.717) is 11.8 Å². The fourth-order valence-corrected chi connectivity index (χ4v) is 3.66. The van der Waals surface area contributed by atoms with E-state index in [1.54, 1.807) is 6.07 Å². The Morgan fingerprint density at radius 3 is 3.06 bits per heavy atom. The fraction of sp³-hybridized carbons (Fsp3) is 0.571. The SMILES string of the molecule is Oc1ccc(CNC2CCN3CCCC23)cc1Br. The van der Waals surface area contributed by atoms with Gasteiger partial charge in [0.05, 0.1) is 4.47 Å². The average molecular weight is 311 g/mol. The maximum Gasteiger partial charge on any atom is 0.129 e. The standard InChI is InChI=1S/C14H19BrN2O/c15-11-8-10(3-4-14(11)18)9-16-12-5-7-17-6-1-2-13(12)17/h3-4,8,12-13,16,18H,1-2,5-7,9H2. The molecule has 0 radical (unpaired) electrons. The lowest BCUT2D eigenvalue weighted by atomic mass is 10.1. The van der Waals surface area contributed by atoms with Gasteiger partial charge in [0.25, 0.3) is 0 Å². The Morgan fingerprint density at radius 1 is 1.33 bits per heavy atom. The monoisotopic (exact) mass is 310 g/mol. The zero-order valence-corrected chi connectivity index (χ0v) is 12.0. The summed E-state index contributed by atoms with van der Waals surface area (Å²) in [7, 11) is 0. The van der Waals surface area contributed by atoms with Crippen molar-refractivity contribution in [2.45, 2.75) is 37.9 Å². The van der Waals surface area contributed by atoms with Crippen molar-refractivity contribution in [3.63, 3.8) is 0 Å². The summed E-state index contributed by atoms with van der Waals surface area (Å²) in [6, 6.07) is 7.11. The predicted molar refractivity (Wildman–Crippen MR) is 75.6 cm³/mol. The summed E-state index contributed by atoms with van der Waals surface area (Å²) in [5.41, 5.74) is 1.22. The molecule has 98 valence electrons. The zero-order valence-electron chi connectivity index (χ0n) is 10.4. The third-order valence-electron chi connectivity index (χ3n) is 4.19. The van der Waals surface area contributed by atoms with Crippen LogP contribution in [-0.2, 0) is 6.54 Å². The van der Waals surface area contributed by atoms with E-state index in [-0.39, 0.29) is 0 Å². The van der Waals surface area contributed by atoms with Gasteiger partial charge in [-0.15, -0.1) is 0 Å². The number of benzene rings is 1. The van der Waals surface area contributed by atoms with E-state index in [4.69, 9.17) is 0 Å². The maximum absolute atomic E-state index is 9.47. The summed E-state index contributed by atoms with van der Waals surface area (Å²) in [5.74, 6) is 0.307. The Morgan fingerprint density at radius 2 is 2.22 bits per heavy atom. The quantitative estimate of drug-likeness (QED) is 0.900. The second kappa shape index (κ2) is 5.19. The van der Waals surface area contributed by atoms with Crippen molar-refractivity contribution in [2.75, 3.05) is 13.1 Å². The number of hydrogen-bond acceptors (Lipinski definition) is 3. The van der Waals surface area contributed by atoms with Crippen molar-refractivity contribution in [3.05, 3.63) is 28.2 Å². The molecule has 0 aromatic heterocycles. The smallest absolute Gasteiger partial charge is 0.129 e. The van der Waals surface area contributed by atoms with Crippen LogP contribution in [0.25, 0.3) is 0 Å². The lowest BCUT2D eigenvalue weighted by molar-refractivity contribution is 0.298. The molecule has 2 atom stereocenters. The van der Waals surface area contributed by atoms with Gasteiger partial charge in [0, 0.05) is 25.2 Å². The molecule has 2 aliphatic heterocycles. The van der Waals surface area contributed by atoms with Crippen LogP contribution in [0.1, 0.15) is 24.8 Å². The van der Waals surface area contributed by atoms with E-state index in [1.807, 2.05) is 12.1 Å². The van der Waals surface area contributed by atoms with Crippen LogP contribution < -0.4 is 5.32 Å². The Hall–Kier alpha value is -0.580. The van der Waals surface area contributed by atoms with Crippen LogP contribution in [0, 0.1) is 0 Å². The number of nitrogens with zero attached hydrogens (tertiary/aromatic N) is 1. The molecule has 0 bridgehead atoms. The first kappa shape index (κ1) is 12.5. The first-order valence-electron chi connectivity index (χ1n) is 6.69. The summed E-state index contributed by atoms with van der Waals surface area (Å²) in [6.45, 7) is 3.42. The van der Waals surface area contributed by atoms with Gasteiger partial charge in [-0.1, -0.05) is 6.07 Å². The van der Waals surface area contributed by atoms with Crippen LogP contribution in [0.4, 0.5) is 0 Å². The molecule has 2 saturated heterocycles. The van der Waals surface area contributed by atoms with Crippen molar-refractivity contribution < 1.29 is 5.11 Å². The van der Waals surface area contributed by atoms with Crippen LogP contribution in [0.3, 0.4) is 0 Å². The van der Waals surface area contributed by atoms with E-state index in [9.17, 15) is 5.11 Å². The zero-order chi connectivity index (χ0) is 12.5. The molecule has 3 rings (SSSR count). The molecule has 1 aromatic rings. The molecule has 2 fully saturated rings. The van der Waals surface area contributed by atoms with Gasteiger partial charge in [-0.25, -0.2) is 0 Å². The highest BCUT2D eigenvalue weighted by Gasteiger charge is 2.36. The van der Waals surface area contributed by atoms with Crippen LogP contribution in [0.2, 0.25) is 0 Å². The third kappa shape index (κ3) is 2.42. The Labute approximate surface area is 116 Å². The maximum atomic E-state index is 9.47. The van der Waals surface area contributed by atoms with E-state index in [2.05, 4.69) is 26.1 Å². The molecule has 2 N–H and O–H groups in total. The summed E-state index contributed by atoms with van der Waals surface area (Å²) in [6.07, 6.45) is 3.97. The Kier molecular flexibility index (Phi) is 3.59. The summed E-state index contributed by atoms with van der Waals surface area (Å²) >= 11 is 3.36. The van der Waals surface area contributed by atoms with Crippen LogP contribution in [-0.4, -0.2) is 35.2 Å². The van der Waals surface area contributed by atoms with Gasteiger partial charge < -0.3 is 10.4 Å². The van der Waals surface area contributed by atoms with E-state index < -0.39 is 0 Å². The highest BCUT2D eigenvalue weighted by atomic mass is 79.9. The molecule has 0 saturated carbocycles. The molecular weight excluding hydrogens is 292 g/mol. The van der Waals surface area contributed by atoms with Gasteiger partial charge >= 0.3 is 0 Å². The minimum absolute atomic E-state index is 0.307. The summed E-state index contributed by atoms with van der Waals surface area (Å²) < 4.78 is 0.774. The predicted octanol–water partition coefficient (Wildman–Crippen LogP) is 2.48. The number of fused-ring (bicyclic) bond motifs is 1. The molecule has 2 heterocycles. The Balaban J connectivity index is 1.59. The van der Waals surface area contributed by atoms with Gasteiger partial charge in [-0.2, -0.15) is 0 Å². The van der Waals surface area contributed by atoms with Crippen LogP contribution in [0.15, 0.2) is 22.7 Å². The van der Waals surface area contributed by atoms with Crippen LogP contribution in [0.5, 0.6) is 5.75 Å². The minimum atomic E-state index is 0.307. The molecule has 0 aliphatic carbocycles. The van der Waals surface area contributed by atoms with Gasteiger partial charge in [0.1, 0.15) is 5.75 Å². The Bertz CT molecular complexity index is 438. The largest absolute Gasteiger partial charge is 0.507 e. The highest BCUT2D eigenvalue weighted by Crippen LogP contribution is 2.28. The van der Waals surface area contributed by atoms with Crippen molar-refractivity contribution in [1.82, 2.24) is 10.2 Å². The molecule has 0 spiro atoms. The lowest BCUT2D eigenvalue weighted by Crippen LogP contribution is -2.38. The number of phenols is 1. The molecule has 4 heteroatoms. The first-order chi connectivity index (χ1) is 8.74. The second-order valence-electron chi connectivity index (χ2n) is 5.31. The number of phenolic OH excluding ortho intramolecular Hbond substituents is 1. The highest BCUT2D eigenvalue weighted by molar-refractivity contribution is 9.10. The number of rotatable bonds is 3. The van der Waals surface area contributed by atoms with Crippen molar-refractivity contribution in [2.24, 2.45) is 0 Å². The van der Waals surface area contributed by atoms with E-state index in [1.165, 1.54) is 37.9 Å². The lowest BCUT2D eigenvalue weighted by Gasteiger charge is -2.21. The van der Waals surface area contributed by atoms with Gasteiger partial charge in [0.2, 0.25) is 0 Å². The normalized spacial score (nSPS) is 27.6. The van der Waals surface area contributed by atoms with Gasteiger partial charge in [0.15, 0.2) is 0 Å². The fourth-order valence-electron chi connectivity index (χ4n) is 3.23. The van der Waals surface area contributed by atoms with E-state index in [0.717, 1.165) is 17.1 Å². The van der Waals surface area contributed by atoms with Crippen LogP contribution >= 0.6 is 15.9 Å². The third-order valence-corrected chi connectivity index (χ3v) is 4.82. The molecule has 2 aliphatic rings. The molecule has 18 heavy (non-hydrogen) atoms. The van der Waals surface area contributed by atoms with Crippen molar-refractivity contribution in [3.8, 4) is 5.75 Å². The number of aromatic hydroxyl groups is 1. The van der Waals surface area contributed by atoms with Crippen molar-refractivity contribution >= 4 is 15.9 Å².